The zero-order chi connectivity index (χ0) is 10.3. The number of rotatable bonds is 5. The molecule has 0 atom stereocenters. The van der Waals surface area contributed by atoms with E-state index in [1.165, 1.54) is 0 Å². The summed E-state index contributed by atoms with van der Waals surface area (Å²) in [6.45, 7) is 4.15. The molecule has 0 saturated carbocycles. The van der Waals surface area contributed by atoms with Crippen LogP contribution in [0.4, 0.5) is 0 Å². The molecular weight excluding hydrogens is 168 g/mol. The number of esters is 1. The van der Waals surface area contributed by atoms with Gasteiger partial charge in [0.05, 0.1) is 13.0 Å². The lowest BCUT2D eigenvalue weighted by molar-refractivity contribution is -0.142. The van der Waals surface area contributed by atoms with Crippen molar-refractivity contribution in [2.75, 3.05) is 20.7 Å². The summed E-state index contributed by atoms with van der Waals surface area (Å²) < 4.78 is 4.79. The fourth-order valence-corrected chi connectivity index (χ4v) is 0.908. The molecular formula is C9H18N2O2. The van der Waals surface area contributed by atoms with Crippen molar-refractivity contribution in [3.05, 3.63) is 0 Å². The van der Waals surface area contributed by atoms with Crippen LogP contribution in [0.25, 0.3) is 0 Å². The molecule has 0 unspecified atom stereocenters. The van der Waals surface area contributed by atoms with Crippen molar-refractivity contribution in [2.24, 2.45) is 5.10 Å². The molecule has 4 heteroatoms. The summed E-state index contributed by atoms with van der Waals surface area (Å²) in [5, 5.41) is 5.87. The van der Waals surface area contributed by atoms with E-state index in [1.54, 1.807) is 11.9 Å². The summed E-state index contributed by atoms with van der Waals surface area (Å²) in [5.74, 6) is -0.157. The molecule has 0 aliphatic carbocycles. The second-order valence-electron chi connectivity index (χ2n) is 2.99. The predicted molar refractivity (Wildman–Crippen MR) is 52.7 cm³/mol. The Hall–Kier alpha value is -1.06. The van der Waals surface area contributed by atoms with Crippen molar-refractivity contribution >= 4 is 11.7 Å². The third-order valence-corrected chi connectivity index (χ3v) is 1.37. The minimum absolute atomic E-state index is 0.157. The number of hydrogen-bond acceptors (Lipinski definition) is 4. The van der Waals surface area contributed by atoms with Gasteiger partial charge in [-0.05, 0) is 20.3 Å². The second-order valence-corrected chi connectivity index (χ2v) is 2.99. The first-order valence-corrected chi connectivity index (χ1v) is 4.43. The van der Waals surface area contributed by atoms with Crippen molar-refractivity contribution in [1.29, 1.82) is 0 Å². The smallest absolute Gasteiger partial charge is 0.306 e. The highest BCUT2D eigenvalue weighted by atomic mass is 16.5. The highest BCUT2D eigenvalue weighted by Gasteiger charge is 2.02. The molecule has 0 aromatic heterocycles. The Balaban J connectivity index is 3.69. The van der Waals surface area contributed by atoms with Gasteiger partial charge in [0.1, 0.15) is 0 Å². The second kappa shape index (κ2) is 6.46. The van der Waals surface area contributed by atoms with Gasteiger partial charge in [0.2, 0.25) is 0 Å². The van der Waals surface area contributed by atoms with E-state index >= 15 is 0 Å². The molecule has 0 N–H and O–H groups in total. The van der Waals surface area contributed by atoms with Gasteiger partial charge >= 0.3 is 5.97 Å². The Labute approximate surface area is 79.6 Å². The van der Waals surface area contributed by atoms with Crippen molar-refractivity contribution in [3.8, 4) is 0 Å². The van der Waals surface area contributed by atoms with Gasteiger partial charge in [-0.1, -0.05) is 0 Å². The standard InChI is InChI=1S/C9H18N2O2/c1-5-13-9(12)7-6-8(2)10-11(3)4/h5-7H2,1-4H3. The third kappa shape index (κ3) is 7.31. The van der Waals surface area contributed by atoms with Crippen LogP contribution in [-0.2, 0) is 9.53 Å². The van der Waals surface area contributed by atoms with E-state index in [1.807, 2.05) is 21.0 Å². The minimum Gasteiger partial charge on any atom is -0.466 e. The lowest BCUT2D eigenvalue weighted by atomic mass is 10.2. The Morgan fingerprint density at radius 2 is 2.00 bits per heavy atom. The number of carbonyl (C=O) groups is 1. The highest BCUT2D eigenvalue weighted by Crippen LogP contribution is 1.96. The topological polar surface area (TPSA) is 41.9 Å². The molecule has 0 fully saturated rings. The van der Waals surface area contributed by atoms with Crippen LogP contribution in [0.2, 0.25) is 0 Å². The van der Waals surface area contributed by atoms with E-state index in [0.29, 0.717) is 19.4 Å². The first-order valence-electron chi connectivity index (χ1n) is 4.43. The van der Waals surface area contributed by atoms with Crippen molar-refractivity contribution in [3.63, 3.8) is 0 Å². The normalized spacial score (nSPS) is 11.2. The van der Waals surface area contributed by atoms with E-state index in [9.17, 15) is 4.79 Å². The van der Waals surface area contributed by atoms with Gasteiger partial charge in [-0.3, -0.25) is 4.79 Å². The van der Waals surface area contributed by atoms with Gasteiger partial charge in [-0.25, -0.2) is 0 Å². The predicted octanol–water partition coefficient (Wildman–Crippen LogP) is 1.27. The van der Waals surface area contributed by atoms with Crippen LogP contribution in [0.3, 0.4) is 0 Å². The van der Waals surface area contributed by atoms with Crippen LogP contribution < -0.4 is 0 Å². The number of ether oxygens (including phenoxy) is 1. The van der Waals surface area contributed by atoms with Crippen LogP contribution in [0, 0.1) is 0 Å². The van der Waals surface area contributed by atoms with E-state index in [-0.39, 0.29) is 5.97 Å². The number of hydrazone groups is 1. The van der Waals surface area contributed by atoms with Crippen LogP contribution in [0.15, 0.2) is 5.10 Å². The maximum absolute atomic E-state index is 10.9. The fourth-order valence-electron chi connectivity index (χ4n) is 0.908. The Kier molecular flexibility index (Phi) is 5.93. The molecule has 0 aliphatic heterocycles. The van der Waals surface area contributed by atoms with E-state index in [4.69, 9.17) is 4.74 Å². The van der Waals surface area contributed by atoms with Gasteiger partial charge in [-0.2, -0.15) is 5.10 Å². The molecule has 0 aliphatic rings. The average Bonchev–Trinajstić information content (AvgIpc) is 2.00. The van der Waals surface area contributed by atoms with Crippen LogP contribution in [-0.4, -0.2) is 37.4 Å². The molecule has 76 valence electrons. The first kappa shape index (κ1) is 11.9. The number of carbonyl (C=O) groups excluding carboxylic acids is 1. The van der Waals surface area contributed by atoms with Crippen molar-refractivity contribution in [2.45, 2.75) is 26.7 Å². The molecule has 0 aromatic rings. The molecule has 0 saturated heterocycles. The summed E-state index contributed by atoms with van der Waals surface area (Å²) >= 11 is 0. The molecule has 0 bridgehead atoms. The maximum atomic E-state index is 10.9. The van der Waals surface area contributed by atoms with Gasteiger partial charge in [0, 0.05) is 19.8 Å². The molecule has 0 heterocycles. The summed E-state index contributed by atoms with van der Waals surface area (Å²) in [7, 11) is 3.71. The van der Waals surface area contributed by atoms with Crippen LogP contribution in [0.1, 0.15) is 26.7 Å². The van der Waals surface area contributed by atoms with Gasteiger partial charge in [-0.15, -0.1) is 0 Å². The zero-order valence-corrected chi connectivity index (χ0v) is 8.83. The van der Waals surface area contributed by atoms with Gasteiger partial charge < -0.3 is 9.75 Å². The Bertz CT molecular complexity index is 188. The minimum atomic E-state index is -0.157. The average molecular weight is 186 g/mol. The number of hydrogen-bond donors (Lipinski definition) is 0. The Morgan fingerprint density at radius 3 is 2.46 bits per heavy atom. The third-order valence-electron chi connectivity index (χ3n) is 1.37. The van der Waals surface area contributed by atoms with E-state index < -0.39 is 0 Å². The summed E-state index contributed by atoms with van der Waals surface area (Å²) in [5.41, 5.74) is 0.943. The molecule has 0 amide bonds. The molecule has 4 nitrogen and oxygen atoms in total. The monoisotopic (exact) mass is 186 g/mol. The molecule has 0 radical (unpaired) electrons. The zero-order valence-electron chi connectivity index (χ0n) is 8.83. The highest BCUT2D eigenvalue weighted by molar-refractivity contribution is 5.85. The Morgan fingerprint density at radius 1 is 1.38 bits per heavy atom. The van der Waals surface area contributed by atoms with E-state index in [0.717, 1.165) is 5.71 Å². The van der Waals surface area contributed by atoms with Crippen molar-refractivity contribution in [1.82, 2.24) is 5.01 Å². The molecule has 0 rings (SSSR count). The first-order chi connectivity index (χ1) is 6.06. The summed E-state index contributed by atoms with van der Waals surface area (Å²) in [6.07, 6.45) is 1.08. The van der Waals surface area contributed by atoms with Crippen LogP contribution >= 0.6 is 0 Å². The quantitative estimate of drug-likeness (QED) is 0.369. The summed E-state index contributed by atoms with van der Waals surface area (Å²) in [4.78, 5) is 10.9. The summed E-state index contributed by atoms with van der Waals surface area (Å²) in [6, 6.07) is 0. The fraction of sp³-hybridized carbons (Fsp3) is 0.778. The maximum Gasteiger partial charge on any atom is 0.306 e. The van der Waals surface area contributed by atoms with E-state index in [2.05, 4.69) is 5.10 Å². The van der Waals surface area contributed by atoms with Crippen LogP contribution in [0.5, 0.6) is 0 Å². The molecule has 0 spiro atoms. The SMILES string of the molecule is CCOC(=O)CCC(C)=NN(C)C. The molecule has 13 heavy (non-hydrogen) atoms. The van der Waals surface area contributed by atoms with Crippen molar-refractivity contribution < 1.29 is 9.53 Å². The largest absolute Gasteiger partial charge is 0.466 e. The molecule has 0 aromatic carbocycles. The lowest BCUT2D eigenvalue weighted by Gasteiger charge is -2.06. The van der Waals surface area contributed by atoms with Gasteiger partial charge in [0.25, 0.3) is 0 Å². The number of nitrogens with zero attached hydrogens (tertiary/aromatic N) is 2. The van der Waals surface area contributed by atoms with Gasteiger partial charge in [0.15, 0.2) is 0 Å². The lowest BCUT2D eigenvalue weighted by Crippen LogP contribution is -2.09.